The molecule has 2 heteroatoms. The molecule has 0 amide bonds. The van der Waals surface area contributed by atoms with Gasteiger partial charge in [-0.15, -0.1) is 0 Å². The molecule has 2 aromatic carbocycles. The summed E-state index contributed by atoms with van der Waals surface area (Å²) in [6.45, 7) is 0. The van der Waals surface area contributed by atoms with Crippen LogP contribution >= 0.6 is 0 Å². The Kier molecular flexibility index (Phi) is 3.73. The molecule has 1 nitrogen and oxygen atoms in total. The molecule has 100 valence electrons. The van der Waals surface area contributed by atoms with Crippen molar-refractivity contribution in [1.29, 1.82) is 0 Å². The lowest BCUT2D eigenvalue weighted by Crippen LogP contribution is -1.93. The molecule has 0 atom stereocenters. The Morgan fingerprint density at radius 1 is 0.850 bits per heavy atom. The van der Waals surface area contributed by atoms with Crippen LogP contribution in [0, 0.1) is 5.82 Å². The summed E-state index contributed by atoms with van der Waals surface area (Å²) in [4.78, 5) is 4.13. The zero-order valence-corrected chi connectivity index (χ0v) is 11.2. The van der Waals surface area contributed by atoms with Gasteiger partial charge in [-0.3, -0.25) is 4.98 Å². The van der Waals surface area contributed by atoms with Crippen LogP contribution in [0.3, 0.4) is 0 Å². The fourth-order valence-corrected chi connectivity index (χ4v) is 2.54. The van der Waals surface area contributed by atoms with Crippen molar-refractivity contribution in [2.24, 2.45) is 0 Å². The van der Waals surface area contributed by atoms with Gasteiger partial charge in [0, 0.05) is 11.6 Å². The summed E-state index contributed by atoms with van der Waals surface area (Å²) < 4.78 is 13.7. The molecule has 0 radical (unpaired) electrons. The van der Waals surface area contributed by atoms with Gasteiger partial charge in [-0.1, -0.05) is 42.5 Å². The number of rotatable bonds is 4. The third-order valence-electron chi connectivity index (χ3n) is 3.57. The van der Waals surface area contributed by atoms with Crippen molar-refractivity contribution < 1.29 is 4.39 Å². The summed E-state index contributed by atoms with van der Waals surface area (Å²) in [6, 6.07) is 17.6. The lowest BCUT2D eigenvalue weighted by Gasteiger charge is -2.06. The number of benzene rings is 2. The second kappa shape index (κ2) is 5.83. The number of pyridine rings is 1. The van der Waals surface area contributed by atoms with Crippen LogP contribution < -0.4 is 0 Å². The number of halogens is 1. The number of aromatic nitrogens is 1. The highest BCUT2D eigenvalue weighted by Crippen LogP contribution is 2.20. The second-order valence-corrected chi connectivity index (χ2v) is 4.95. The van der Waals surface area contributed by atoms with E-state index < -0.39 is 0 Å². The molecule has 0 saturated heterocycles. The van der Waals surface area contributed by atoms with Crippen LogP contribution in [-0.2, 0) is 12.8 Å². The van der Waals surface area contributed by atoms with E-state index in [-0.39, 0.29) is 5.82 Å². The SMILES string of the molecule is Fc1cccc2c(CCCc3ccccc3)ccnc12. The van der Waals surface area contributed by atoms with Crippen LogP contribution in [0.1, 0.15) is 17.5 Å². The number of para-hydroxylation sites is 1. The molecular weight excluding hydrogens is 249 g/mol. The topological polar surface area (TPSA) is 12.9 Å². The van der Waals surface area contributed by atoms with E-state index in [0.717, 1.165) is 24.6 Å². The zero-order chi connectivity index (χ0) is 13.8. The molecule has 1 heterocycles. The predicted octanol–water partition coefficient (Wildman–Crippen LogP) is 4.55. The molecule has 0 unspecified atom stereocenters. The van der Waals surface area contributed by atoms with Gasteiger partial charge in [0.15, 0.2) is 0 Å². The fourth-order valence-electron chi connectivity index (χ4n) is 2.54. The van der Waals surface area contributed by atoms with Crippen molar-refractivity contribution in [2.45, 2.75) is 19.3 Å². The zero-order valence-electron chi connectivity index (χ0n) is 11.2. The maximum Gasteiger partial charge on any atom is 0.149 e. The highest BCUT2D eigenvalue weighted by molar-refractivity contribution is 5.82. The van der Waals surface area contributed by atoms with Crippen LogP contribution in [0.5, 0.6) is 0 Å². The van der Waals surface area contributed by atoms with E-state index in [1.807, 2.05) is 18.2 Å². The predicted molar refractivity (Wildman–Crippen MR) is 80.2 cm³/mol. The van der Waals surface area contributed by atoms with E-state index in [2.05, 4.69) is 29.2 Å². The highest BCUT2D eigenvalue weighted by Gasteiger charge is 2.05. The average molecular weight is 265 g/mol. The fraction of sp³-hybridized carbons (Fsp3) is 0.167. The number of nitrogens with zero attached hydrogens (tertiary/aromatic N) is 1. The quantitative estimate of drug-likeness (QED) is 0.674. The Balaban J connectivity index is 1.76. The van der Waals surface area contributed by atoms with Crippen LogP contribution in [-0.4, -0.2) is 4.98 Å². The molecule has 0 fully saturated rings. The van der Waals surface area contributed by atoms with Gasteiger partial charge >= 0.3 is 0 Å². The van der Waals surface area contributed by atoms with Crippen molar-refractivity contribution >= 4 is 10.9 Å². The van der Waals surface area contributed by atoms with Crippen LogP contribution in [0.15, 0.2) is 60.8 Å². The highest BCUT2D eigenvalue weighted by atomic mass is 19.1. The Labute approximate surface area is 118 Å². The van der Waals surface area contributed by atoms with Gasteiger partial charge in [0.2, 0.25) is 0 Å². The van der Waals surface area contributed by atoms with E-state index in [0.29, 0.717) is 5.52 Å². The number of aryl methyl sites for hydroxylation is 2. The Hall–Kier alpha value is -2.22. The van der Waals surface area contributed by atoms with Gasteiger partial charge in [-0.25, -0.2) is 4.39 Å². The molecule has 0 aliphatic rings. The van der Waals surface area contributed by atoms with Gasteiger partial charge in [0.1, 0.15) is 11.3 Å². The van der Waals surface area contributed by atoms with Gasteiger partial charge in [-0.2, -0.15) is 0 Å². The maximum absolute atomic E-state index is 13.7. The largest absolute Gasteiger partial charge is 0.253 e. The molecule has 20 heavy (non-hydrogen) atoms. The summed E-state index contributed by atoms with van der Waals surface area (Å²) >= 11 is 0. The summed E-state index contributed by atoms with van der Waals surface area (Å²) in [7, 11) is 0. The summed E-state index contributed by atoms with van der Waals surface area (Å²) in [5, 5.41) is 0.931. The van der Waals surface area contributed by atoms with Crippen molar-refractivity contribution in [3.8, 4) is 0 Å². The lowest BCUT2D eigenvalue weighted by atomic mass is 10.0. The van der Waals surface area contributed by atoms with Crippen LogP contribution in [0.25, 0.3) is 10.9 Å². The van der Waals surface area contributed by atoms with Crippen LogP contribution in [0.2, 0.25) is 0 Å². The van der Waals surface area contributed by atoms with Crippen molar-refractivity contribution in [3.63, 3.8) is 0 Å². The normalized spacial score (nSPS) is 10.8. The minimum atomic E-state index is -0.243. The van der Waals surface area contributed by atoms with Gasteiger partial charge in [0.25, 0.3) is 0 Å². The number of hydrogen-bond acceptors (Lipinski definition) is 1. The third-order valence-corrected chi connectivity index (χ3v) is 3.57. The van der Waals surface area contributed by atoms with Crippen LogP contribution in [0.4, 0.5) is 4.39 Å². The van der Waals surface area contributed by atoms with Gasteiger partial charge in [0.05, 0.1) is 0 Å². The van der Waals surface area contributed by atoms with Crippen molar-refractivity contribution in [2.75, 3.05) is 0 Å². The van der Waals surface area contributed by atoms with Gasteiger partial charge < -0.3 is 0 Å². The average Bonchev–Trinajstić information content (AvgIpc) is 2.49. The van der Waals surface area contributed by atoms with E-state index in [9.17, 15) is 4.39 Å². The second-order valence-electron chi connectivity index (χ2n) is 4.95. The molecule has 0 spiro atoms. The van der Waals surface area contributed by atoms with Gasteiger partial charge in [-0.05, 0) is 42.5 Å². The first-order valence-corrected chi connectivity index (χ1v) is 6.90. The first-order chi connectivity index (χ1) is 9.84. The molecular formula is C18H16FN. The molecule has 3 rings (SSSR count). The first kappa shape index (κ1) is 12.8. The monoisotopic (exact) mass is 265 g/mol. The minimum absolute atomic E-state index is 0.243. The third kappa shape index (κ3) is 2.69. The molecule has 0 aliphatic heterocycles. The van der Waals surface area contributed by atoms with E-state index in [4.69, 9.17) is 0 Å². The Morgan fingerprint density at radius 2 is 1.70 bits per heavy atom. The number of hydrogen-bond donors (Lipinski definition) is 0. The van der Waals surface area contributed by atoms with E-state index in [1.165, 1.54) is 17.2 Å². The maximum atomic E-state index is 13.7. The summed E-state index contributed by atoms with van der Waals surface area (Å²) in [5.74, 6) is -0.243. The molecule has 0 saturated carbocycles. The van der Waals surface area contributed by atoms with E-state index in [1.54, 1.807) is 12.3 Å². The standard InChI is InChI=1S/C18H16FN/c19-17-11-5-10-16-15(12-13-20-18(16)17)9-4-8-14-6-2-1-3-7-14/h1-3,5-7,10-13H,4,8-9H2. The Bertz CT molecular complexity index is 707. The summed E-state index contributed by atoms with van der Waals surface area (Å²) in [6.07, 6.45) is 4.74. The van der Waals surface area contributed by atoms with E-state index >= 15 is 0 Å². The molecule has 0 N–H and O–H groups in total. The minimum Gasteiger partial charge on any atom is -0.253 e. The number of fused-ring (bicyclic) bond motifs is 1. The summed E-state index contributed by atoms with van der Waals surface area (Å²) in [5.41, 5.74) is 2.99. The van der Waals surface area contributed by atoms with Crippen molar-refractivity contribution in [1.82, 2.24) is 4.98 Å². The smallest absolute Gasteiger partial charge is 0.149 e. The molecule has 0 aliphatic carbocycles. The van der Waals surface area contributed by atoms with Crippen molar-refractivity contribution in [3.05, 3.63) is 77.7 Å². The lowest BCUT2D eigenvalue weighted by molar-refractivity contribution is 0.636. The Morgan fingerprint density at radius 3 is 2.55 bits per heavy atom. The molecule has 1 aromatic heterocycles. The first-order valence-electron chi connectivity index (χ1n) is 6.90. The molecule has 3 aromatic rings. The molecule has 0 bridgehead atoms.